The first kappa shape index (κ1) is 27.0. The highest BCUT2D eigenvalue weighted by Crippen LogP contribution is 2.20. The lowest BCUT2D eigenvalue weighted by Gasteiger charge is -2.36. The molecule has 1 aliphatic heterocycles. The van der Waals surface area contributed by atoms with Crippen LogP contribution in [0.5, 0.6) is 11.5 Å². The number of ether oxygens (including phenoxy) is 2. The van der Waals surface area contributed by atoms with E-state index in [1.165, 1.54) is 5.69 Å². The Kier molecular flexibility index (Phi) is 11.7. The largest absolute Gasteiger partial charge is 0.497 e. The molecule has 0 amide bonds. The van der Waals surface area contributed by atoms with Gasteiger partial charge in [-0.2, -0.15) is 0 Å². The summed E-state index contributed by atoms with van der Waals surface area (Å²) in [6.45, 7) is 6.32. The summed E-state index contributed by atoms with van der Waals surface area (Å²) < 4.78 is 10.9. The second-order valence-corrected chi connectivity index (χ2v) is 7.25. The first-order valence-corrected chi connectivity index (χ1v) is 10.1. The number of rotatable bonds is 9. The highest BCUT2D eigenvalue weighted by molar-refractivity contribution is 5.95. The highest BCUT2D eigenvalue weighted by atomic mass is 35.5. The standard InChI is InChI=1S/C23H30N2O4.2ClH/c1-3-23(27)18-4-8-22(9-5-18)29-17-20(26)16-24-12-14-25(15-13-24)19-6-10-21(28-2)11-7-19;;/h4-11,20,26H,3,12-17H2,1-2H3;2*1H. The van der Waals surface area contributed by atoms with Crippen LogP contribution in [0.3, 0.4) is 0 Å². The normalized spacial score (nSPS) is 14.7. The Morgan fingerprint density at radius 3 is 2.10 bits per heavy atom. The number of carbonyl (C=O) groups is 1. The maximum Gasteiger partial charge on any atom is 0.162 e. The number of Topliss-reactive ketones (excluding diaryl/α,β-unsaturated/α-hetero) is 1. The molecule has 172 valence electrons. The predicted octanol–water partition coefficient (Wildman–Crippen LogP) is 3.69. The molecule has 1 N–H and O–H groups in total. The van der Waals surface area contributed by atoms with Crippen molar-refractivity contribution in [2.45, 2.75) is 19.4 Å². The van der Waals surface area contributed by atoms with Gasteiger partial charge < -0.3 is 19.5 Å². The first-order valence-electron chi connectivity index (χ1n) is 10.1. The van der Waals surface area contributed by atoms with E-state index in [2.05, 4.69) is 21.9 Å². The molecule has 3 rings (SSSR count). The minimum atomic E-state index is -0.556. The fraction of sp³-hybridized carbons (Fsp3) is 0.435. The molecule has 8 heteroatoms. The van der Waals surface area contributed by atoms with E-state index in [4.69, 9.17) is 9.47 Å². The van der Waals surface area contributed by atoms with Gasteiger partial charge >= 0.3 is 0 Å². The van der Waals surface area contributed by atoms with Gasteiger partial charge in [-0.15, -0.1) is 24.8 Å². The molecule has 1 saturated heterocycles. The van der Waals surface area contributed by atoms with Gasteiger partial charge in [-0.3, -0.25) is 9.69 Å². The second-order valence-electron chi connectivity index (χ2n) is 7.25. The van der Waals surface area contributed by atoms with Gasteiger partial charge in [0.1, 0.15) is 24.2 Å². The van der Waals surface area contributed by atoms with Crippen molar-refractivity contribution >= 4 is 36.3 Å². The van der Waals surface area contributed by atoms with Crippen molar-refractivity contribution in [2.24, 2.45) is 0 Å². The summed E-state index contributed by atoms with van der Waals surface area (Å²) in [5.74, 6) is 1.65. The molecule has 31 heavy (non-hydrogen) atoms. The van der Waals surface area contributed by atoms with E-state index < -0.39 is 6.10 Å². The Morgan fingerprint density at radius 2 is 1.55 bits per heavy atom. The van der Waals surface area contributed by atoms with Crippen LogP contribution in [0, 0.1) is 0 Å². The molecule has 1 heterocycles. The van der Waals surface area contributed by atoms with Crippen LogP contribution in [-0.2, 0) is 0 Å². The minimum Gasteiger partial charge on any atom is -0.497 e. The summed E-state index contributed by atoms with van der Waals surface area (Å²) in [4.78, 5) is 16.3. The molecule has 0 bridgehead atoms. The fourth-order valence-corrected chi connectivity index (χ4v) is 3.47. The summed E-state index contributed by atoms with van der Waals surface area (Å²) in [6, 6.07) is 15.2. The van der Waals surface area contributed by atoms with Gasteiger partial charge in [0.25, 0.3) is 0 Å². The van der Waals surface area contributed by atoms with E-state index in [0.717, 1.165) is 31.9 Å². The maximum atomic E-state index is 11.7. The van der Waals surface area contributed by atoms with Gasteiger partial charge in [-0.05, 0) is 48.5 Å². The van der Waals surface area contributed by atoms with Crippen molar-refractivity contribution in [3.63, 3.8) is 0 Å². The van der Waals surface area contributed by atoms with E-state index >= 15 is 0 Å². The third kappa shape index (κ3) is 7.89. The van der Waals surface area contributed by atoms with Crippen LogP contribution in [0.2, 0.25) is 0 Å². The number of anilines is 1. The topological polar surface area (TPSA) is 62.2 Å². The Bertz CT molecular complexity index is 779. The third-order valence-electron chi connectivity index (χ3n) is 5.22. The van der Waals surface area contributed by atoms with Gasteiger partial charge in [0.2, 0.25) is 0 Å². The lowest BCUT2D eigenvalue weighted by atomic mass is 10.1. The number of ketones is 1. The Labute approximate surface area is 197 Å². The van der Waals surface area contributed by atoms with E-state index in [0.29, 0.717) is 24.3 Å². The number of methoxy groups -OCH3 is 1. The van der Waals surface area contributed by atoms with Crippen LogP contribution < -0.4 is 14.4 Å². The summed E-state index contributed by atoms with van der Waals surface area (Å²) >= 11 is 0. The quantitative estimate of drug-likeness (QED) is 0.563. The number of hydrogen-bond donors (Lipinski definition) is 1. The van der Waals surface area contributed by atoms with E-state index in [-0.39, 0.29) is 37.2 Å². The number of hydrogen-bond acceptors (Lipinski definition) is 6. The summed E-state index contributed by atoms with van der Waals surface area (Å²) in [6.07, 6.45) is -0.0653. The van der Waals surface area contributed by atoms with Crippen LogP contribution in [0.1, 0.15) is 23.7 Å². The van der Waals surface area contributed by atoms with Crippen molar-refractivity contribution < 1.29 is 19.4 Å². The molecule has 0 aromatic heterocycles. The second kappa shape index (κ2) is 13.4. The van der Waals surface area contributed by atoms with Gasteiger partial charge in [0.15, 0.2) is 5.78 Å². The number of halogens is 2. The molecule has 1 atom stereocenters. The van der Waals surface area contributed by atoms with Crippen LogP contribution in [-0.4, -0.2) is 68.3 Å². The van der Waals surface area contributed by atoms with Crippen LogP contribution in [0.25, 0.3) is 0 Å². The van der Waals surface area contributed by atoms with Crippen molar-refractivity contribution in [2.75, 3.05) is 51.3 Å². The zero-order valence-corrected chi connectivity index (χ0v) is 19.7. The zero-order chi connectivity index (χ0) is 20.6. The van der Waals surface area contributed by atoms with Gasteiger partial charge in [0, 0.05) is 50.4 Å². The lowest BCUT2D eigenvalue weighted by molar-refractivity contribution is 0.0663. The molecule has 2 aromatic rings. The number of aliphatic hydroxyl groups excluding tert-OH is 1. The summed E-state index contributed by atoms with van der Waals surface area (Å²) in [5.41, 5.74) is 1.88. The molecular formula is C23H32Cl2N2O4. The molecule has 2 aromatic carbocycles. The first-order chi connectivity index (χ1) is 14.1. The Balaban J connectivity index is 0.00000240. The van der Waals surface area contributed by atoms with Crippen LogP contribution in [0.15, 0.2) is 48.5 Å². The van der Waals surface area contributed by atoms with Crippen molar-refractivity contribution in [3.8, 4) is 11.5 Å². The number of β-amino-alcohol motifs (C(OH)–C–C–N with tert-alkyl or cyclic N) is 1. The molecule has 1 unspecified atom stereocenters. The summed E-state index contributed by atoms with van der Waals surface area (Å²) in [7, 11) is 1.67. The number of piperazine rings is 1. The van der Waals surface area contributed by atoms with Crippen LogP contribution in [0.4, 0.5) is 5.69 Å². The molecule has 6 nitrogen and oxygen atoms in total. The van der Waals surface area contributed by atoms with E-state index in [1.54, 1.807) is 31.4 Å². The molecule has 0 saturated carbocycles. The van der Waals surface area contributed by atoms with Crippen molar-refractivity contribution in [3.05, 3.63) is 54.1 Å². The zero-order valence-electron chi connectivity index (χ0n) is 18.0. The monoisotopic (exact) mass is 470 g/mol. The number of nitrogens with zero attached hydrogens (tertiary/aromatic N) is 2. The van der Waals surface area contributed by atoms with Crippen LogP contribution >= 0.6 is 24.8 Å². The van der Waals surface area contributed by atoms with E-state index in [1.807, 2.05) is 19.1 Å². The van der Waals surface area contributed by atoms with Crippen molar-refractivity contribution in [1.82, 2.24) is 4.90 Å². The average Bonchev–Trinajstić information content (AvgIpc) is 2.78. The fourth-order valence-electron chi connectivity index (χ4n) is 3.47. The van der Waals surface area contributed by atoms with Gasteiger partial charge in [-0.1, -0.05) is 6.92 Å². The molecule has 1 fully saturated rings. The average molecular weight is 471 g/mol. The maximum absolute atomic E-state index is 11.7. The SMILES string of the molecule is CCC(=O)c1ccc(OCC(O)CN2CCN(c3ccc(OC)cc3)CC2)cc1.Cl.Cl. The number of aliphatic hydroxyl groups is 1. The molecule has 1 aliphatic rings. The lowest BCUT2D eigenvalue weighted by Crippen LogP contribution is -2.49. The molecule has 0 spiro atoms. The Hall–Kier alpha value is -1.99. The third-order valence-corrected chi connectivity index (χ3v) is 5.22. The minimum absolute atomic E-state index is 0. The molecule has 0 aliphatic carbocycles. The molecular weight excluding hydrogens is 439 g/mol. The number of benzene rings is 2. The Morgan fingerprint density at radius 1 is 0.968 bits per heavy atom. The predicted molar refractivity (Wildman–Crippen MR) is 129 cm³/mol. The number of carbonyl (C=O) groups excluding carboxylic acids is 1. The summed E-state index contributed by atoms with van der Waals surface area (Å²) in [5, 5.41) is 10.3. The van der Waals surface area contributed by atoms with Gasteiger partial charge in [-0.25, -0.2) is 0 Å². The van der Waals surface area contributed by atoms with Gasteiger partial charge in [0.05, 0.1) is 7.11 Å². The van der Waals surface area contributed by atoms with Crippen molar-refractivity contribution in [1.29, 1.82) is 0 Å². The highest BCUT2D eigenvalue weighted by Gasteiger charge is 2.20. The smallest absolute Gasteiger partial charge is 0.162 e. The van der Waals surface area contributed by atoms with E-state index in [9.17, 15) is 9.90 Å². The molecule has 0 radical (unpaired) electrons.